The Morgan fingerprint density at radius 1 is 1.17 bits per heavy atom. The fraction of sp³-hybridized carbons (Fsp3) is 0.478. The zero-order chi connectivity index (χ0) is 20.9. The first-order valence-electron chi connectivity index (χ1n) is 10.3. The van der Waals surface area contributed by atoms with Crippen LogP contribution in [0.3, 0.4) is 0 Å². The number of aryl methyl sites for hydroxylation is 1. The Kier molecular flexibility index (Phi) is 6.75. The number of carbonyl (C=O) groups excluding carboxylic acids is 1. The molecule has 1 aromatic carbocycles. The fourth-order valence-electron chi connectivity index (χ4n) is 3.29. The van der Waals surface area contributed by atoms with Gasteiger partial charge in [0.2, 0.25) is 0 Å². The Balaban J connectivity index is 1.71. The fourth-order valence-corrected chi connectivity index (χ4v) is 3.29. The first-order chi connectivity index (χ1) is 13.8. The van der Waals surface area contributed by atoms with Crippen molar-refractivity contribution < 1.29 is 9.53 Å². The van der Waals surface area contributed by atoms with Crippen LogP contribution in [0.15, 0.2) is 36.5 Å². The second-order valence-electron chi connectivity index (χ2n) is 8.72. The molecule has 0 bridgehead atoms. The second-order valence-corrected chi connectivity index (χ2v) is 8.72. The monoisotopic (exact) mass is 396 g/mol. The summed E-state index contributed by atoms with van der Waals surface area (Å²) < 4.78 is 5.44. The van der Waals surface area contributed by atoms with Crippen LogP contribution in [0.25, 0.3) is 11.1 Å². The molecule has 1 aliphatic rings. The number of hydrogen-bond donors (Lipinski definition) is 2. The van der Waals surface area contributed by atoms with Gasteiger partial charge in [-0.25, -0.2) is 9.78 Å². The van der Waals surface area contributed by atoms with Gasteiger partial charge in [-0.1, -0.05) is 26.8 Å². The minimum atomic E-state index is -0.173. The molecule has 2 aromatic rings. The molecule has 3 rings (SSSR count). The van der Waals surface area contributed by atoms with Gasteiger partial charge in [0.25, 0.3) is 0 Å². The number of carbonyl (C=O) groups is 1. The number of hydrogen-bond acceptors (Lipinski definition) is 4. The lowest BCUT2D eigenvalue weighted by Crippen LogP contribution is -2.36. The first kappa shape index (κ1) is 21.1. The maximum absolute atomic E-state index is 12.2. The van der Waals surface area contributed by atoms with Crippen LogP contribution in [0.2, 0.25) is 0 Å². The summed E-state index contributed by atoms with van der Waals surface area (Å²) in [6.45, 7) is 12.4. The van der Waals surface area contributed by atoms with E-state index < -0.39 is 0 Å². The lowest BCUT2D eigenvalue weighted by atomic mass is 9.92. The molecule has 0 atom stereocenters. The topological polar surface area (TPSA) is 66.5 Å². The third kappa shape index (κ3) is 6.19. The molecule has 29 heavy (non-hydrogen) atoms. The van der Waals surface area contributed by atoms with E-state index in [4.69, 9.17) is 4.74 Å². The summed E-state index contributed by atoms with van der Waals surface area (Å²) in [5, 5.41) is 5.89. The Hall–Kier alpha value is -2.60. The van der Waals surface area contributed by atoms with Gasteiger partial charge >= 0.3 is 6.03 Å². The van der Waals surface area contributed by atoms with Gasteiger partial charge in [0.15, 0.2) is 0 Å². The number of benzene rings is 1. The van der Waals surface area contributed by atoms with Crippen molar-refractivity contribution >= 4 is 17.5 Å². The Bertz CT molecular complexity index is 839. The van der Waals surface area contributed by atoms with Gasteiger partial charge in [0, 0.05) is 31.5 Å². The second kappa shape index (κ2) is 9.27. The summed E-state index contributed by atoms with van der Waals surface area (Å²) in [4.78, 5) is 19.0. The summed E-state index contributed by atoms with van der Waals surface area (Å²) in [6, 6.07) is 9.95. The number of urea groups is 1. The highest BCUT2D eigenvalue weighted by Gasteiger charge is 2.14. The summed E-state index contributed by atoms with van der Waals surface area (Å²) in [6.07, 6.45) is 2.78. The molecule has 0 aliphatic carbocycles. The summed E-state index contributed by atoms with van der Waals surface area (Å²) in [5.74, 6) is 0.962. The van der Waals surface area contributed by atoms with Crippen LogP contribution in [0.5, 0.6) is 0 Å². The van der Waals surface area contributed by atoms with E-state index in [0.717, 1.165) is 60.9 Å². The van der Waals surface area contributed by atoms with Gasteiger partial charge in [0.1, 0.15) is 5.82 Å². The standard InChI is InChI=1S/C23H32N4O2/c1-17-5-6-19(26-22(28)25-10-8-23(2,3)4)16-20(17)18-7-9-24-21(15-18)27-11-13-29-14-12-27/h5-7,9,15-16H,8,10-14H2,1-4H3,(H2,25,26,28). The van der Waals surface area contributed by atoms with Crippen LogP contribution in [-0.4, -0.2) is 43.9 Å². The number of nitrogens with zero attached hydrogens (tertiary/aromatic N) is 2. The van der Waals surface area contributed by atoms with Crippen LogP contribution >= 0.6 is 0 Å². The third-order valence-electron chi connectivity index (χ3n) is 5.05. The Morgan fingerprint density at radius 2 is 1.93 bits per heavy atom. The highest BCUT2D eigenvalue weighted by Crippen LogP contribution is 2.29. The lowest BCUT2D eigenvalue weighted by Gasteiger charge is -2.28. The molecule has 0 saturated carbocycles. The van der Waals surface area contributed by atoms with Crippen LogP contribution < -0.4 is 15.5 Å². The molecule has 1 saturated heterocycles. The maximum Gasteiger partial charge on any atom is 0.319 e. The zero-order valence-electron chi connectivity index (χ0n) is 17.9. The van der Waals surface area contributed by atoms with E-state index in [1.807, 2.05) is 30.5 Å². The van der Waals surface area contributed by atoms with E-state index in [-0.39, 0.29) is 11.4 Å². The molecular formula is C23H32N4O2. The van der Waals surface area contributed by atoms with Gasteiger partial charge in [-0.15, -0.1) is 0 Å². The van der Waals surface area contributed by atoms with E-state index >= 15 is 0 Å². The summed E-state index contributed by atoms with van der Waals surface area (Å²) in [7, 11) is 0. The van der Waals surface area contributed by atoms with Crippen LogP contribution in [0.4, 0.5) is 16.3 Å². The van der Waals surface area contributed by atoms with Crippen molar-refractivity contribution in [3.8, 4) is 11.1 Å². The molecule has 1 aromatic heterocycles. The minimum absolute atomic E-state index is 0.173. The molecule has 6 heteroatoms. The van der Waals surface area contributed by atoms with Crippen LogP contribution in [0, 0.1) is 12.3 Å². The molecule has 2 heterocycles. The number of rotatable bonds is 5. The predicted molar refractivity (Wildman–Crippen MR) is 119 cm³/mol. The van der Waals surface area contributed by atoms with E-state index in [0.29, 0.717) is 6.54 Å². The molecule has 2 amide bonds. The van der Waals surface area contributed by atoms with Crippen molar-refractivity contribution in [1.82, 2.24) is 10.3 Å². The molecule has 1 aliphatic heterocycles. The molecule has 6 nitrogen and oxygen atoms in total. The van der Waals surface area contributed by atoms with Gasteiger partial charge in [0.05, 0.1) is 13.2 Å². The zero-order valence-corrected chi connectivity index (χ0v) is 17.9. The minimum Gasteiger partial charge on any atom is -0.378 e. The van der Waals surface area contributed by atoms with Crippen molar-refractivity contribution in [3.05, 3.63) is 42.1 Å². The number of pyridine rings is 1. The number of nitrogens with one attached hydrogen (secondary N) is 2. The largest absolute Gasteiger partial charge is 0.378 e. The molecule has 156 valence electrons. The highest BCUT2D eigenvalue weighted by molar-refractivity contribution is 5.90. The van der Waals surface area contributed by atoms with E-state index in [2.05, 4.69) is 54.3 Å². The normalized spacial score (nSPS) is 14.6. The molecule has 0 spiro atoms. The molecule has 0 radical (unpaired) electrons. The molecular weight excluding hydrogens is 364 g/mol. The van der Waals surface area contributed by atoms with Crippen molar-refractivity contribution in [2.75, 3.05) is 43.1 Å². The SMILES string of the molecule is Cc1ccc(NC(=O)NCCC(C)(C)C)cc1-c1ccnc(N2CCOCC2)c1. The Labute approximate surface area is 173 Å². The van der Waals surface area contributed by atoms with E-state index in [9.17, 15) is 4.79 Å². The van der Waals surface area contributed by atoms with Crippen LogP contribution in [-0.2, 0) is 4.74 Å². The van der Waals surface area contributed by atoms with Gasteiger partial charge < -0.3 is 20.3 Å². The van der Waals surface area contributed by atoms with Gasteiger partial charge in [-0.3, -0.25) is 0 Å². The average molecular weight is 397 g/mol. The first-order valence-corrected chi connectivity index (χ1v) is 10.3. The number of aromatic nitrogens is 1. The smallest absolute Gasteiger partial charge is 0.319 e. The van der Waals surface area contributed by atoms with Gasteiger partial charge in [-0.2, -0.15) is 0 Å². The number of anilines is 2. The Morgan fingerprint density at radius 3 is 2.66 bits per heavy atom. The number of morpholine rings is 1. The predicted octanol–water partition coefficient (Wildman–Crippen LogP) is 4.45. The van der Waals surface area contributed by atoms with Crippen molar-refractivity contribution in [2.45, 2.75) is 34.1 Å². The highest BCUT2D eigenvalue weighted by atomic mass is 16.5. The van der Waals surface area contributed by atoms with Crippen LogP contribution in [0.1, 0.15) is 32.8 Å². The maximum atomic E-state index is 12.2. The van der Waals surface area contributed by atoms with E-state index in [1.54, 1.807) is 0 Å². The van der Waals surface area contributed by atoms with Gasteiger partial charge in [-0.05, 0) is 59.7 Å². The quantitative estimate of drug-likeness (QED) is 0.783. The van der Waals surface area contributed by atoms with E-state index in [1.165, 1.54) is 0 Å². The average Bonchev–Trinajstić information content (AvgIpc) is 2.69. The van der Waals surface area contributed by atoms with Crippen molar-refractivity contribution in [2.24, 2.45) is 5.41 Å². The molecule has 1 fully saturated rings. The summed E-state index contributed by atoms with van der Waals surface area (Å²) in [5.41, 5.74) is 4.32. The summed E-state index contributed by atoms with van der Waals surface area (Å²) >= 11 is 0. The number of ether oxygens (including phenoxy) is 1. The third-order valence-corrected chi connectivity index (χ3v) is 5.05. The number of amides is 2. The van der Waals surface area contributed by atoms with Crippen molar-refractivity contribution in [3.63, 3.8) is 0 Å². The molecule has 2 N–H and O–H groups in total. The molecule has 0 unspecified atom stereocenters. The lowest BCUT2D eigenvalue weighted by molar-refractivity contribution is 0.122. The van der Waals surface area contributed by atoms with Crippen molar-refractivity contribution in [1.29, 1.82) is 0 Å².